The third kappa shape index (κ3) is 3.10. The van der Waals surface area contributed by atoms with Gasteiger partial charge >= 0.3 is 0 Å². The third-order valence-electron chi connectivity index (χ3n) is 2.56. The lowest BCUT2D eigenvalue weighted by Crippen LogP contribution is -1.97. The Labute approximate surface area is 114 Å². The Hall–Kier alpha value is -1.36. The SMILES string of the molecule is CCn1cc(COc2ccc(CBr)cc2F)cn1. The van der Waals surface area contributed by atoms with Crippen molar-refractivity contribution in [2.45, 2.75) is 25.4 Å². The average Bonchev–Trinajstić information content (AvgIpc) is 2.85. The first kappa shape index (κ1) is 13.1. The van der Waals surface area contributed by atoms with Crippen LogP contribution in [0, 0.1) is 5.82 Å². The molecular weight excluding hydrogens is 299 g/mol. The van der Waals surface area contributed by atoms with Crippen molar-refractivity contribution >= 4 is 15.9 Å². The van der Waals surface area contributed by atoms with E-state index in [1.54, 1.807) is 12.3 Å². The van der Waals surface area contributed by atoms with Gasteiger partial charge in [0.1, 0.15) is 6.61 Å². The first-order chi connectivity index (χ1) is 8.72. The molecule has 0 aliphatic carbocycles. The number of hydrogen-bond donors (Lipinski definition) is 0. The van der Waals surface area contributed by atoms with Crippen LogP contribution in [0.1, 0.15) is 18.1 Å². The Morgan fingerprint density at radius 1 is 1.39 bits per heavy atom. The molecule has 0 N–H and O–H groups in total. The quantitative estimate of drug-likeness (QED) is 0.790. The van der Waals surface area contributed by atoms with Crippen molar-refractivity contribution in [3.63, 3.8) is 0 Å². The molecule has 3 nitrogen and oxygen atoms in total. The van der Waals surface area contributed by atoms with Crippen LogP contribution in [0.3, 0.4) is 0 Å². The summed E-state index contributed by atoms with van der Waals surface area (Å²) in [5, 5.41) is 4.77. The highest BCUT2D eigenvalue weighted by molar-refractivity contribution is 9.08. The standard InChI is InChI=1S/C13H14BrFN2O/c1-2-17-8-11(7-16-17)9-18-13-4-3-10(6-14)5-12(13)15/h3-5,7-8H,2,6,9H2,1H3. The van der Waals surface area contributed by atoms with E-state index < -0.39 is 0 Å². The van der Waals surface area contributed by atoms with Gasteiger partial charge < -0.3 is 4.74 Å². The van der Waals surface area contributed by atoms with Crippen molar-refractivity contribution in [1.82, 2.24) is 9.78 Å². The molecule has 18 heavy (non-hydrogen) atoms. The predicted octanol–water partition coefficient (Wildman–Crippen LogP) is 3.52. The van der Waals surface area contributed by atoms with Gasteiger partial charge in [-0.2, -0.15) is 5.10 Å². The molecule has 0 aliphatic heterocycles. The largest absolute Gasteiger partial charge is 0.486 e. The molecule has 2 rings (SSSR count). The predicted molar refractivity (Wildman–Crippen MR) is 71.3 cm³/mol. The van der Waals surface area contributed by atoms with Crippen molar-refractivity contribution in [3.05, 3.63) is 47.5 Å². The summed E-state index contributed by atoms with van der Waals surface area (Å²) in [6.45, 7) is 3.15. The van der Waals surface area contributed by atoms with Crippen LogP contribution in [0.4, 0.5) is 4.39 Å². The normalized spacial score (nSPS) is 10.6. The van der Waals surface area contributed by atoms with Gasteiger partial charge in [0.05, 0.1) is 6.20 Å². The zero-order valence-electron chi connectivity index (χ0n) is 10.1. The van der Waals surface area contributed by atoms with Crippen molar-refractivity contribution < 1.29 is 9.13 Å². The molecule has 0 saturated carbocycles. The van der Waals surface area contributed by atoms with Crippen molar-refractivity contribution in [1.29, 1.82) is 0 Å². The minimum absolute atomic E-state index is 0.268. The molecule has 0 atom stereocenters. The van der Waals surface area contributed by atoms with Crippen LogP contribution < -0.4 is 4.74 Å². The summed E-state index contributed by atoms with van der Waals surface area (Å²) >= 11 is 3.28. The van der Waals surface area contributed by atoms with Gasteiger partial charge in [-0.1, -0.05) is 22.0 Å². The summed E-state index contributed by atoms with van der Waals surface area (Å²) in [6, 6.07) is 4.96. The van der Waals surface area contributed by atoms with E-state index in [-0.39, 0.29) is 11.6 Å². The van der Waals surface area contributed by atoms with Crippen LogP contribution in [-0.2, 0) is 18.5 Å². The van der Waals surface area contributed by atoms with E-state index in [0.29, 0.717) is 11.9 Å². The van der Waals surface area contributed by atoms with Crippen LogP contribution in [0.25, 0.3) is 0 Å². The van der Waals surface area contributed by atoms with E-state index in [1.807, 2.05) is 23.9 Å². The molecular formula is C13H14BrFN2O. The van der Waals surface area contributed by atoms with E-state index in [9.17, 15) is 4.39 Å². The van der Waals surface area contributed by atoms with E-state index in [1.165, 1.54) is 6.07 Å². The third-order valence-corrected chi connectivity index (χ3v) is 3.20. The van der Waals surface area contributed by atoms with Crippen LogP contribution >= 0.6 is 15.9 Å². The maximum absolute atomic E-state index is 13.6. The van der Waals surface area contributed by atoms with Crippen molar-refractivity contribution in [2.75, 3.05) is 0 Å². The number of nitrogens with zero attached hydrogens (tertiary/aromatic N) is 2. The first-order valence-electron chi connectivity index (χ1n) is 5.71. The lowest BCUT2D eigenvalue weighted by atomic mass is 10.2. The topological polar surface area (TPSA) is 27.1 Å². The maximum atomic E-state index is 13.6. The molecule has 1 aromatic heterocycles. The highest BCUT2D eigenvalue weighted by Crippen LogP contribution is 2.20. The van der Waals surface area contributed by atoms with Gasteiger partial charge in [0.15, 0.2) is 11.6 Å². The summed E-state index contributed by atoms with van der Waals surface area (Å²) < 4.78 is 20.9. The molecule has 0 spiro atoms. The number of ether oxygens (including phenoxy) is 1. The first-order valence-corrected chi connectivity index (χ1v) is 6.83. The molecule has 1 heterocycles. The Bertz CT molecular complexity index is 527. The van der Waals surface area contributed by atoms with Crippen molar-refractivity contribution in [3.8, 4) is 5.75 Å². The number of aromatic nitrogens is 2. The molecule has 5 heteroatoms. The molecule has 0 radical (unpaired) electrons. The zero-order valence-corrected chi connectivity index (χ0v) is 11.7. The molecule has 2 aromatic rings. The molecule has 0 saturated heterocycles. The fourth-order valence-corrected chi connectivity index (χ4v) is 1.91. The average molecular weight is 313 g/mol. The number of halogens is 2. The van der Waals surface area contributed by atoms with E-state index >= 15 is 0 Å². The van der Waals surface area contributed by atoms with Gasteiger partial charge in [-0.25, -0.2) is 4.39 Å². The number of aryl methyl sites for hydroxylation is 1. The summed E-state index contributed by atoms with van der Waals surface area (Å²) in [5.74, 6) is -0.0706. The number of benzene rings is 1. The van der Waals surface area contributed by atoms with Crippen LogP contribution in [-0.4, -0.2) is 9.78 Å². The second-order valence-corrected chi connectivity index (χ2v) is 4.45. The van der Waals surface area contributed by atoms with Crippen LogP contribution in [0.5, 0.6) is 5.75 Å². The van der Waals surface area contributed by atoms with E-state index in [0.717, 1.165) is 17.7 Å². The van der Waals surface area contributed by atoms with E-state index in [4.69, 9.17) is 4.74 Å². The highest BCUT2D eigenvalue weighted by Gasteiger charge is 2.05. The van der Waals surface area contributed by atoms with Gasteiger partial charge in [-0.15, -0.1) is 0 Å². The summed E-state index contributed by atoms with van der Waals surface area (Å²) in [6.07, 6.45) is 3.62. The highest BCUT2D eigenvalue weighted by atomic mass is 79.9. The van der Waals surface area contributed by atoms with Crippen molar-refractivity contribution in [2.24, 2.45) is 0 Å². The molecule has 0 unspecified atom stereocenters. The summed E-state index contributed by atoms with van der Waals surface area (Å²) in [4.78, 5) is 0. The lowest BCUT2D eigenvalue weighted by Gasteiger charge is -2.06. The molecule has 0 fully saturated rings. The van der Waals surface area contributed by atoms with Gasteiger partial charge in [-0.05, 0) is 24.6 Å². The molecule has 1 aromatic carbocycles. The Kier molecular flexibility index (Phi) is 4.36. The second-order valence-electron chi connectivity index (χ2n) is 3.89. The smallest absolute Gasteiger partial charge is 0.165 e. The van der Waals surface area contributed by atoms with Gasteiger partial charge in [0.25, 0.3) is 0 Å². The lowest BCUT2D eigenvalue weighted by molar-refractivity contribution is 0.290. The molecule has 0 bridgehead atoms. The maximum Gasteiger partial charge on any atom is 0.165 e. The van der Waals surface area contributed by atoms with Gasteiger partial charge in [0, 0.05) is 23.6 Å². The number of rotatable bonds is 5. The summed E-state index contributed by atoms with van der Waals surface area (Å²) in [7, 11) is 0. The second kappa shape index (κ2) is 6.00. The Balaban J connectivity index is 2.01. The van der Waals surface area contributed by atoms with E-state index in [2.05, 4.69) is 21.0 Å². The minimum Gasteiger partial charge on any atom is -0.486 e. The Morgan fingerprint density at radius 3 is 2.83 bits per heavy atom. The van der Waals surface area contributed by atoms with Gasteiger partial charge in [-0.3, -0.25) is 4.68 Å². The zero-order chi connectivity index (χ0) is 13.0. The van der Waals surface area contributed by atoms with Crippen LogP contribution in [0.15, 0.2) is 30.6 Å². The monoisotopic (exact) mass is 312 g/mol. The number of hydrogen-bond acceptors (Lipinski definition) is 2. The minimum atomic E-state index is -0.338. The van der Waals surface area contributed by atoms with Crippen LogP contribution in [0.2, 0.25) is 0 Å². The molecule has 0 aliphatic rings. The fraction of sp³-hybridized carbons (Fsp3) is 0.308. The van der Waals surface area contributed by atoms with Gasteiger partial charge in [0.2, 0.25) is 0 Å². The molecule has 0 amide bonds. The number of alkyl halides is 1. The Morgan fingerprint density at radius 2 is 2.22 bits per heavy atom. The fourth-order valence-electron chi connectivity index (χ4n) is 1.56. The molecule has 96 valence electrons. The summed E-state index contributed by atoms with van der Waals surface area (Å²) in [5.41, 5.74) is 1.82.